The van der Waals surface area contributed by atoms with E-state index in [4.69, 9.17) is 17.3 Å². The first kappa shape index (κ1) is 11.5. The Hall–Kier alpha value is -0.530. The first-order chi connectivity index (χ1) is 6.50. The SMILES string of the molecule is CC(CN)C(C)(C)c1ccccc1Cl. The molecule has 1 atom stereocenters. The second-order valence-electron chi connectivity index (χ2n) is 4.34. The highest BCUT2D eigenvalue weighted by molar-refractivity contribution is 6.31. The van der Waals surface area contributed by atoms with Crippen molar-refractivity contribution in [3.8, 4) is 0 Å². The highest BCUT2D eigenvalue weighted by Gasteiger charge is 2.28. The molecule has 1 aromatic rings. The summed E-state index contributed by atoms with van der Waals surface area (Å²) in [6, 6.07) is 7.98. The van der Waals surface area contributed by atoms with E-state index in [1.165, 1.54) is 5.56 Å². The molecule has 78 valence electrons. The molecule has 0 fully saturated rings. The van der Waals surface area contributed by atoms with Crippen LogP contribution in [0.25, 0.3) is 0 Å². The molecule has 1 nitrogen and oxygen atoms in total. The van der Waals surface area contributed by atoms with Gasteiger partial charge < -0.3 is 5.73 Å². The summed E-state index contributed by atoms with van der Waals surface area (Å²) in [4.78, 5) is 0. The van der Waals surface area contributed by atoms with E-state index in [0.717, 1.165) is 5.02 Å². The van der Waals surface area contributed by atoms with Crippen molar-refractivity contribution in [3.05, 3.63) is 34.9 Å². The summed E-state index contributed by atoms with van der Waals surface area (Å²) in [5.41, 5.74) is 6.92. The Morgan fingerprint density at radius 2 is 1.93 bits per heavy atom. The van der Waals surface area contributed by atoms with Gasteiger partial charge in [0.25, 0.3) is 0 Å². The van der Waals surface area contributed by atoms with Crippen LogP contribution in [0.2, 0.25) is 5.02 Å². The minimum atomic E-state index is 0.0348. The molecular formula is C12H18ClN. The summed E-state index contributed by atoms with van der Waals surface area (Å²) in [6.45, 7) is 7.21. The maximum absolute atomic E-state index is 6.17. The molecule has 14 heavy (non-hydrogen) atoms. The Morgan fingerprint density at radius 1 is 1.36 bits per heavy atom. The van der Waals surface area contributed by atoms with Gasteiger partial charge in [0.05, 0.1) is 0 Å². The predicted octanol–water partition coefficient (Wildman–Crippen LogP) is 3.21. The van der Waals surface area contributed by atoms with Gasteiger partial charge in [-0.3, -0.25) is 0 Å². The highest BCUT2D eigenvalue weighted by atomic mass is 35.5. The summed E-state index contributed by atoms with van der Waals surface area (Å²) in [5, 5.41) is 0.831. The average Bonchev–Trinajstić information content (AvgIpc) is 2.17. The van der Waals surface area contributed by atoms with Crippen molar-refractivity contribution in [2.24, 2.45) is 11.7 Å². The predicted molar refractivity (Wildman–Crippen MR) is 62.7 cm³/mol. The summed E-state index contributed by atoms with van der Waals surface area (Å²) >= 11 is 6.17. The van der Waals surface area contributed by atoms with E-state index >= 15 is 0 Å². The first-order valence-electron chi connectivity index (χ1n) is 4.95. The van der Waals surface area contributed by atoms with Gasteiger partial charge in [-0.1, -0.05) is 50.6 Å². The second kappa shape index (κ2) is 4.33. The lowest BCUT2D eigenvalue weighted by atomic mass is 9.74. The molecule has 1 unspecified atom stereocenters. The van der Waals surface area contributed by atoms with E-state index in [1.54, 1.807) is 0 Å². The molecule has 0 aliphatic carbocycles. The van der Waals surface area contributed by atoms with Crippen LogP contribution in [-0.2, 0) is 5.41 Å². The maximum atomic E-state index is 6.17. The zero-order chi connectivity index (χ0) is 10.8. The number of nitrogens with two attached hydrogens (primary N) is 1. The largest absolute Gasteiger partial charge is 0.330 e. The Morgan fingerprint density at radius 3 is 2.43 bits per heavy atom. The Balaban J connectivity index is 3.09. The summed E-state index contributed by atoms with van der Waals surface area (Å²) in [7, 11) is 0. The smallest absolute Gasteiger partial charge is 0.0443 e. The van der Waals surface area contributed by atoms with Crippen molar-refractivity contribution < 1.29 is 0 Å². The number of hydrogen-bond acceptors (Lipinski definition) is 1. The van der Waals surface area contributed by atoms with Crippen molar-refractivity contribution >= 4 is 11.6 Å². The molecule has 0 aromatic heterocycles. The Labute approximate surface area is 91.3 Å². The molecular weight excluding hydrogens is 194 g/mol. The second-order valence-corrected chi connectivity index (χ2v) is 4.75. The molecule has 0 saturated heterocycles. The summed E-state index contributed by atoms with van der Waals surface area (Å²) in [6.07, 6.45) is 0. The van der Waals surface area contributed by atoms with Crippen LogP contribution in [0.1, 0.15) is 26.3 Å². The minimum absolute atomic E-state index is 0.0348. The molecule has 0 aliphatic rings. The van der Waals surface area contributed by atoms with Crippen molar-refractivity contribution in [2.45, 2.75) is 26.2 Å². The van der Waals surface area contributed by atoms with Gasteiger partial charge in [0, 0.05) is 5.02 Å². The van der Waals surface area contributed by atoms with Gasteiger partial charge >= 0.3 is 0 Å². The zero-order valence-corrected chi connectivity index (χ0v) is 9.81. The van der Waals surface area contributed by atoms with Gasteiger partial charge in [-0.05, 0) is 29.5 Å². The van der Waals surface area contributed by atoms with Gasteiger partial charge in [-0.25, -0.2) is 0 Å². The monoisotopic (exact) mass is 211 g/mol. The van der Waals surface area contributed by atoms with E-state index in [-0.39, 0.29) is 5.41 Å². The fraction of sp³-hybridized carbons (Fsp3) is 0.500. The number of hydrogen-bond donors (Lipinski definition) is 1. The molecule has 0 heterocycles. The van der Waals surface area contributed by atoms with Gasteiger partial charge in [-0.15, -0.1) is 0 Å². The molecule has 0 amide bonds. The van der Waals surface area contributed by atoms with E-state index in [1.807, 2.05) is 18.2 Å². The molecule has 0 spiro atoms. The van der Waals surface area contributed by atoms with Crippen molar-refractivity contribution in [1.82, 2.24) is 0 Å². The number of halogens is 1. The van der Waals surface area contributed by atoms with Crippen LogP contribution in [0, 0.1) is 5.92 Å². The molecule has 2 heteroatoms. The molecule has 0 bridgehead atoms. The third kappa shape index (κ3) is 2.10. The fourth-order valence-electron chi connectivity index (χ4n) is 1.54. The van der Waals surface area contributed by atoms with E-state index in [2.05, 4.69) is 26.8 Å². The molecule has 1 aromatic carbocycles. The van der Waals surface area contributed by atoms with Crippen LogP contribution in [0.3, 0.4) is 0 Å². The van der Waals surface area contributed by atoms with Crippen LogP contribution in [0.4, 0.5) is 0 Å². The standard InChI is InChI=1S/C12H18ClN/c1-9(8-14)12(2,3)10-6-4-5-7-11(10)13/h4-7,9H,8,14H2,1-3H3. The zero-order valence-electron chi connectivity index (χ0n) is 9.05. The first-order valence-corrected chi connectivity index (χ1v) is 5.33. The topological polar surface area (TPSA) is 26.0 Å². The normalized spacial score (nSPS) is 14.1. The third-order valence-corrected chi connectivity index (χ3v) is 3.48. The lowest BCUT2D eigenvalue weighted by Gasteiger charge is -2.32. The molecule has 1 rings (SSSR count). The van der Waals surface area contributed by atoms with Crippen molar-refractivity contribution in [2.75, 3.05) is 6.54 Å². The van der Waals surface area contributed by atoms with Crippen molar-refractivity contribution in [1.29, 1.82) is 0 Å². The third-order valence-electron chi connectivity index (χ3n) is 3.15. The quantitative estimate of drug-likeness (QED) is 0.817. The summed E-state index contributed by atoms with van der Waals surface area (Å²) in [5.74, 6) is 0.419. The van der Waals surface area contributed by atoms with E-state index in [0.29, 0.717) is 12.5 Å². The summed E-state index contributed by atoms with van der Waals surface area (Å²) < 4.78 is 0. The van der Waals surface area contributed by atoms with E-state index in [9.17, 15) is 0 Å². The fourth-order valence-corrected chi connectivity index (χ4v) is 1.92. The average molecular weight is 212 g/mol. The Kier molecular flexibility index (Phi) is 3.57. The van der Waals surface area contributed by atoms with Crippen LogP contribution >= 0.6 is 11.6 Å². The molecule has 0 radical (unpaired) electrons. The van der Waals surface area contributed by atoms with Crippen molar-refractivity contribution in [3.63, 3.8) is 0 Å². The lowest BCUT2D eigenvalue weighted by molar-refractivity contribution is 0.352. The molecule has 2 N–H and O–H groups in total. The Bertz CT molecular complexity index is 307. The van der Waals surface area contributed by atoms with Gasteiger partial charge in [0.2, 0.25) is 0 Å². The number of benzene rings is 1. The van der Waals surface area contributed by atoms with Crippen LogP contribution < -0.4 is 5.73 Å². The van der Waals surface area contributed by atoms with Gasteiger partial charge in [0.15, 0.2) is 0 Å². The van der Waals surface area contributed by atoms with Crippen LogP contribution in [0.5, 0.6) is 0 Å². The minimum Gasteiger partial charge on any atom is -0.330 e. The maximum Gasteiger partial charge on any atom is 0.0443 e. The van der Waals surface area contributed by atoms with Gasteiger partial charge in [-0.2, -0.15) is 0 Å². The highest BCUT2D eigenvalue weighted by Crippen LogP contribution is 2.35. The molecule has 0 aliphatic heterocycles. The van der Waals surface area contributed by atoms with Crippen LogP contribution in [0.15, 0.2) is 24.3 Å². The van der Waals surface area contributed by atoms with Gasteiger partial charge in [0.1, 0.15) is 0 Å². The molecule has 0 saturated carbocycles. The lowest BCUT2D eigenvalue weighted by Crippen LogP contribution is -2.32. The van der Waals surface area contributed by atoms with Crippen LogP contribution in [-0.4, -0.2) is 6.54 Å². The van der Waals surface area contributed by atoms with E-state index < -0.39 is 0 Å². The number of rotatable bonds is 3.